The molecule has 1 N–H and O–H groups in total. The van der Waals surface area contributed by atoms with Gasteiger partial charge in [-0.1, -0.05) is 0 Å². The van der Waals surface area contributed by atoms with Gasteiger partial charge in [-0.2, -0.15) is 0 Å². The fraction of sp³-hybridized carbons (Fsp3) is 0.250. The molecule has 0 aromatic carbocycles. The molecule has 5 nitrogen and oxygen atoms in total. The summed E-state index contributed by atoms with van der Waals surface area (Å²) in [5.74, 6) is -0.607. The maximum atomic E-state index is 11.3. The smallest absolute Gasteiger partial charge is 0.414 e. The van der Waals surface area contributed by atoms with E-state index in [4.69, 9.17) is 9.52 Å². The van der Waals surface area contributed by atoms with E-state index in [1.54, 1.807) is 6.92 Å². The Morgan fingerprint density at radius 1 is 1.62 bits per heavy atom. The number of hydrogen-bond donors (Lipinski definition) is 1. The van der Waals surface area contributed by atoms with E-state index >= 15 is 0 Å². The largest absolute Gasteiger partial charge is 0.465 e. The second kappa shape index (κ2) is 3.75. The van der Waals surface area contributed by atoms with Gasteiger partial charge in [-0.15, -0.1) is 0 Å². The molecule has 0 saturated carbocycles. The van der Waals surface area contributed by atoms with Gasteiger partial charge in [0.15, 0.2) is 5.76 Å². The lowest BCUT2D eigenvalue weighted by Gasteiger charge is -2.12. The van der Waals surface area contributed by atoms with E-state index in [1.165, 1.54) is 18.4 Å². The molecule has 0 spiro atoms. The fourth-order valence-corrected chi connectivity index (χ4v) is 0.899. The molecule has 0 saturated heterocycles. The highest BCUT2D eigenvalue weighted by molar-refractivity contribution is 6.00. The second-order valence-corrected chi connectivity index (χ2v) is 2.31. The molecule has 2 amide bonds. The fourth-order valence-electron chi connectivity index (χ4n) is 0.899. The minimum Gasteiger partial charge on any atom is -0.465 e. The average molecular weight is 183 g/mol. The van der Waals surface area contributed by atoms with Crippen LogP contribution in [0, 0.1) is 0 Å². The molecule has 5 heteroatoms. The zero-order chi connectivity index (χ0) is 9.84. The van der Waals surface area contributed by atoms with Crippen LogP contribution in [-0.4, -0.2) is 28.6 Å². The first kappa shape index (κ1) is 9.31. The summed E-state index contributed by atoms with van der Waals surface area (Å²) < 4.78 is 4.77. The number of imide groups is 1. The molecule has 0 aliphatic heterocycles. The van der Waals surface area contributed by atoms with E-state index in [9.17, 15) is 9.59 Å². The second-order valence-electron chi connectivity index (χ2n) is 2.31. The Kier molecular flexibility index (Phi) is 2.69. The predicted molar refractivity (Wildman–Crippen MR) is 43.4 cm³/mol. The van der Waals surface area contributed by atoms with Gasteiger partial charge >= 0.3 is 6.09 Å². The molecule has 0 radical (unpaired) electrons. The highest BCUT2D eigenvalue weighted by Crippen LogP contribution is 2.05. The van der Waals surface area contributed by atoms with E-state index in [-0.39, 0.29) is 12.3 Å². The number of furan rings is 1. The lowest BCUT2D eigenvalue weighted by atomic mass is 10.4. The average Bonchev–Trinajstić information content (AvgIpc) is 2.56. The molecule has 0 aliphatic carbocycles. The van der Waals surface area contributed by atoms with Crippen molar-refractivity contribution >= 4 is 12.0 Å². The van der Waals surface area contributed by atoms with E-state index in [0.29, 0.717) is 4.90 Å². The van der Waals surface area contributed by atoms with Crippen LogP contribution in [0.25, 0.3) is 0 Å². The molecule has 0 atom stereocenters. The summed E-state index contributed by atoms with van der Waals surface area (Å²) in [7, 11) is 0. The Hall–Kier alpha value is -1.78. The monoisotopic (exact) mass is 183 g/mol. The van der Waals surface area contributed by atoms with Crippen molar-refractivity contribution < 1.29 is 19.1 Å². The van der Waals surface area contributed by atoms with Gasteiger partial charge in [-0.25, -0.2) is 9.69 Å². The number of amides is 2. The van der Waals surface area contributed by atoms with Gasteiger partial charge in [-0.3, -0.25) is 4.79 Å². The third kappa shape index (κ3) is 1.87. The molecule has 0 unspecified atom stereocenters. The third-order valence-electron chi connectivity index (χ3n) is 1.52. The minimum absolute atomic E-state index is 0.0317. The summed E-state index contributed by atoms with van der Waals surface area (Å²) in [6.07, 6.45) is 0.0482. The standard InChI is InChI=1S/C8H9NO4/c1-2-9(8(11)12)7(10)6-4-3-5-13-6/h3-5H,2H2,1H3,(H,11,12). The van der Waals surface area contributed by atoms with Gasteiger partial charge < -0.3 is 9.52 Å². The molecule has 13 heavy (non-hydrogen) atoms. The molecule has 1 aromatic heterocycles. The van der Waals surface area contributed by atoms with Gasteiger partial charge in [0, 0.05) is 6.54 Å². The van der Waals surface area contributed by atoms with Crippen LogP contribution < -0.4 is 0 Å². The molecule has 0 aliphatic rings. The van der Waals surface area contributed by atoms with E-state index in [0.717, 1.165) is 0 Å². The lowest BCUT2D eigenvalue weighted by molar-refractivity contribution is 0.0721. The topological polar surface area (TPSA) is 70.8 Å². The zero-order valence-corrected chi connectivity index (χ0v) is 7.06. The highest BCUT2D eigenvalue weighted by Gasteiger charge is 2.21. The van der Waals surface area contributed by atoms with E-state index in [1.807, 2.05) is 0 Å². The van der Waals surface area contributed by atoms with Crippen molar-refractivity contribution in [2.45, 2.75) is 6.92 Å². The zero-order valence-electron chi connectivity index (χ0n) is 7.06. The third-order valence-corrected chi connectivity index (χ3v) is 1.52. The van der Waals surface area contributed by atoms with Crippen LogP contribution in [-0.2, 0) is 0 Å². The van der Waals surface area contributed by atoms with Crippen molar-refractivity contribution in [3.63, 3.8) is 0 Å². The van der Waals surface area contributed by atoms with Crippen LogP contribution >= 0.6 is 0 Å². The van der Waals surface area contributed by atoms with Gasteiger partial charge in [0.2, 0.25) is 0 Å². The summed E-state index contributed by atoms with van der Waals surface area (Å²) in [6.45, 7) is 1.68. The molecular weight excluding hydrogens is 174 g/mol. The summed E-state index contributed by atoms with van der Waals surface area (Å²) in [6, 6.07) is 2.96. The van der Waals surface area contributed by atoms with Crippen LogP contribution in [0.5, 0.6) is 0 Å². The van der Waals surface area contributed by atoms with Crippen molar-refractivity contribution in [3.05, 3.63) is 24.2 Å². The van der Waals surface area contributed by atoms with Crippen molar-refractivity contribution in [1.82, 2.24) is 4.90 Å². The quantitative estimate of drug-likeness (QED) is 0.752. The van der Waals surface area contributed by atoms with Crippen molar-refractivity contribution in [3.8, 4) is 0 Å². The van der Waals surface area contributed by atoms with Crippen LogP contribution in [0.3, 0.4) is 0 Å². The lowest BCUT2D eigenvalue weighted by Crippen LogP contribution is -2.35. The number of carbonyl (C=O) groups is 2. The summed E-state index contributed by atoms with van der Waals surface area (Å²) in [5.41, 5.74) is 0. The molecule has 1 aromatic rings. The normalized spacial score (nSPS) is 9.62. The van der Waals surface area contributed by atoms with Crippen LogP contribution in [0.2, 0.25) is 0 Å². The Balaban J connectivity index is 2.83. The van der Waals surface area contributed by atoms with Gasteiger partial charge in [0.25, 0.3) is 5.91 Å². The molecule has 1 heterocycles. The van der Waals surface area contributed by atoms with Gasteiger partial charge in [0.05, 0.1) is 6.26 Å². The first-order valence-corrected chi connectivity index (χ1v) is 3.75. The first-order chi connectivity index (χ1) is 6.16. The molecule has 0 fully saturated rings. The minimum atomic E-state index is -1.27. The Bertz CT molecular complexity index is 304. The predicted octanol–water partition coefficient (Wildman–Crippen LogP) is 1.42. The van der Waals surface area contributed by atoms with Crippen molar-refractivity contribution in [2.24, 2.45) is 0 Å². The van der Waals surface area contributed by atoms with Gasteiger partial charge in [-0.05, 0) is 19.1 Å². The Labute approximate surface area is 74.6 Å². The molecule has 0 bridgehead atoms. The van der Waals surface area contributed by atoms with Crippen LogP contribution in [0.4, 0.5) is 4.79 Å². The Morgan fingerprint density at radius 3 is 2.69 bits per heavy atom. The summed E-state index contributed by atoms with van der Waals surface area (Å²) in [5, 5.41) is 8.61. The number of carbonyl (C=O) groups excluding carboxylic acids is 1. The van der Waals surface area contributed by atoms with Crippen LogP contribution in [0.15, 0.2) is 22.8 Å². The summed E-state index contributed by atoms with van der Waals surface area (Å²) >= 11 is 0. The number of nitrogens with zero attached hydrogens (tertiary/aromatic N) is 1. The summed E-state index contributed by atoms with van der Waals surface area (Å²) in [4.78, 5) is 22.5. The van der Waals surface area contributed by atoms with Gasteiger partial charge in [0.1, 0.15) is 0 Å². The first-order valence-electron chi connectivity index (χ1n) is 3.75. The number of hydrogen-bond acceptors (Lipinski definition) is 3. The van der Waals surface area contributed by atoms with Crippen LogP contribution in [0.1, 0.15) is 17.5 Å². The maximum Gasteiger partial charge on any atom is 0.414 e. The Morgan fingerprint density at radius 2 is 2.31 bits per heavy atom. The molecule has 70 valence electrons. The molecular formula is C8H9NO4. The van der Waals surface area contributed by atoms with Crippen molar-refractivity contribution in [1.29, 1.82) is 0 Å². The number of rotatable bonds is 2. The maximum absolute atomic E-state index is 11.3. The highest BCUT2D eigenvalue weighted by atomic mass is 16.4. The SMILES string of the molecule is CCN(C(=O)O)C(=O)c1ccco1. The number of carboxylic acid groups (broad SMARTS) is 1. The van der Waals surface area contributed by atoms with Crippen molar-refractivity contribution in [2.75, 3.05) is 6.54 Å². The van der Waals surface area contributed by atoms with E-state index < -0.39 is 12.0 Å². The molecule has 1 rings (SSSR count). The van der Waals surface area contributed by atoms with E-state index in [2.05, 4.69) is 0 Å².